The van der Waals surface area contributed by atoms with Gasteiger partial charge in [-0.05, 0) is 48.5 Å². The molecule has 0 spiro atoms. The van der Waals surface area contributed by atoms with Gasteiger partial charge in [-0.2, -0.15) is 0 Å². The first-order valence-corrected chi connectivity index (χ1v) is 8.71. The van der Waals surface area contributed by atoms with Crippen LogP contribution in [0.2, 0.25) is 0 Å². The van der Waals surface area contributed by atoms with Crippen LogP contribution in [-0.4, -0.2) is 14.1 Å². The minimum atomic E-state index is -2.21. The number of anilines is 1. The van der Waals surface area contributed by atoms with Crippen molar-refractivity contribution in [1.29, 1.82) is 0 Å². The molecule has 1 nitrogen and oxygen atoms in total. The number of rotatable bonds is 1. The highest BCUT2D eigenvalue weighted by Gasteiger charge is 2.24. The summed E-state index contributed by atoms with van der Waals surface area (Å²) in [4.78, 5) is 1.98. The SMILES string of the molecule is CN(C)c1ccc(C#Cc2ccc(C#Cc3c(F)c(F)c(F)c(F)c3F)cc2)cc1. The molecule has 3 aromatic carbocycles. The zero-order valence-electron chi connectivity index (χ0n) is 16.0. The summed E-state index contributed by atoms with van der Waals surface area (Å²) < 4.78 is 66.8. The van der Waals surface area contributed by atoms with E-state index in [9.17, 15) is 22.0 Å². The van der Waals surface area contributed by atoms with Crippen LogP contribution in [-0.2, 0) is 0 Å². The topological polar surface area (TPSA) is 3.24 Å². The highest BCUT2D eigenvalue weighted by Crippen LogP contribution is 2.22. The summed E-state index contributed by atoms with van der Waals surface area (Å²) in [6, 6.07) is 14.0. The summed E-state index contributed by atoms with van der Waals surface area (Å²) in [7, 11) is 3.88. The fourth-order valence-electron chi connectivity index (χ4n) is 2.47. The largest absolute Gasteiger partial charge is 0.378 e. The van der Waals surface area contributed by atoms with E-state index in [1.165, 1.54) is 12.1 Å². The predicted molar refractivity (Wildman–Crippen MR) is 105 cm³/mol. The van der Waals surface area contributed by atoms with E-state index >= 15 is 0 Å². The average molecular weight is 411 g/mol. The third-order valence-electron chi connectivity index (χ3n) is 4.16. The molecule has 0 amide bonds. The molecule has 0 aliphatic rings. The van der Waals surface area contributed by atoms with Crippen molar-refractivity contribution >= 4 is 5.69 Å². The van der Waals surface area contributed by atoms with Gasteiger partial charge >= 0.3 is 0 Å². The van der Waals surface area contributed by atoms with E-state index in [1.807, 2.05) is 49.2 Å². The lowest BCUT2D eigenvalue weighted by Gasteiger charge is -2.11. The summed E-state index contributed by atoms with van der Waals surface area (Å²) >= 11 is 0. The van der Waals surface area contributed by atoms with Crippen LogP contribution in [0.3, 0.4) is 0 Å². The molecule has 0 saturated carbocycles. The molecule has 0 aliphatic carbocycles. The molecule has 0 unspecified atom stereocenters. The number of hydrogen-bond donors (Lipinski definition) is 0. The molecule has 0 bridgehead atoms. The van der Waals surface area contributed by atoms with Gasteiger partial charge in [0.2, 0.25) is 5.82 Å². The standard InChI is InChI=1S/C24H14F5N/c1-30(2)18-12-9-17(10-13-18)8-5-15-3-6-16(7-4-15)11-14-19-20(25)22(27)24(29)23(28)21(19)26/h3-4,6-7,9-10,12-13H,1-2H3. The van der Waals surface area contributed by atoms with Crippen LogP contribution in [0.1, 0.15) is 22.3 Å². The quantitative estimate of drug-likeness (QED) is 0.229. The van der Waals surface area contributed by atoms with Crippen molar-refractivity contribution in [3.63, 3.8) is 0 Å². The second kappa shape index (κ2) is 8.71. The first kappa shape index (κ1) is 21.0. The maximum absolute atomic E-state index is 13.7. The maximum atomic E-state index is 13.7. The van der Waals surface area contributed by atoms with Gasteiger partial charge in [0.15, 0.2) is 23.3 Å². The summed E-state index contributed by atoms with van der Waals surface area (Å²) in [6.45, 7) is 0. The first-order valence-electron chi connectivity index (χ1n) is 8.71. The Labute approximate surface area is 170 Å². The van der Waals surface area contributed by atoms with Gasteiger partial charge in [0, 0.05) is 36.5 Å². The molecule has 30 heavy (non-hydrogen) atoms. The monoisotopic (exact) mass is 411 g/mol. The molecule has 3 aromatic rings. The predicted octanol–water partition coefficient (Wildman–Crippen LogP) is 5.25. The molecule has 0 atom stereocenters. The lowest BCUT2D eigenvalue weighted by Crippen LogP contribution is -2.07. The molecular formula is C24H14F5N. The minimum absolute atomic E-state index is 0.333. The molecule has 0 radical (unpaired) electrons. The van der Waals surface area contributed by atoms with Crippen LogP contribution in [0.4, 0.5) is 27.6 Å². The second-order valence-electron chi connectivity index (χ2n) is 6.46. The average Bonchev–Trinajstić information content (AvgIpc) is 2.76. The van der Waals surface area contributed by atoms with Crippen LogP contribution in [0.5, 0.6) is 0 Å². The van der Waals surface area contributed by atoms with Crippen molar-refractivity contribution < 1.29 is 22.0 Å². The van der Waals surface area contributed by atoms with Gasteiger partial charge < -0.3 is 4.90 Å². The molecule has 0 fully saturated rings. The lowest BCUT2D eigenvalue weighted by molar-refractivity contribution is 0.376. The zero-order chi connectivity index (χ0) is 21.8. The zero-order valence-corrected chi connectivity index (χ0v) is 16.0. The Bertz CT molecular complexity index is 1180. The summed E-state index contributed by atoms with van der Waals surface area (Å²) in [6.07, 6.45) is 0. The lowest BCUT2D eigenvalue weighted by atomic mass is 10.1. The Balaban J connectivity index is 1.81. The van der Waals surface area contributed by atoms with E-state index in [0.717, 1.165) is 11.3 Å². The van der Waals surface area contributed by atoms with Crippen LogP contribution in [0.15, 0.2) is 48.5 Å². The molecule has 0 saturated heterocycles. The van der Waals surface area contributed by atoms with Crippen molar-refractivity contribution in [3.8, 4) is 23.7 Å². The van der Waals surface area contributed by atoms with Crippen molar-refractivity contribution in [3.05, 3.63) is 99.9 Å². The molecular weight excluding hydrogens is 397 g/mol. The maximum Gasteiger partial charge on any atom is 0.200 e. The molecule has 6 heteroatoms. The Morgan fingerprint density at radius 1 is 0.500 bits per heavy atom. The van der Waals surface area contributed by atoms with E-state index in [2.05, 4.69) is 17.8 Å². The second-order valence-corrected chi connectivity index (χ2v) is 6.46. The highest BCUT2D eigenvalue weighted by molar-refractivity contribution is 5.52. The number of nitrogens with zero attached hydrogens (tertiary/aromatic N) is 1. The summed E-state index contributed by atoms with van der Waals surface area (Å²) in [5, 5.41) is 0. The van der Waals surface area contributed by atoms with Crippen molar-refractivity contribution in [1.82, 2.24) is 0 Å². The third-order valence-corrected chi connectivity index (χ3v) is 4.16. The number of hydrogen-bond acceptors (Lipinski definition) is 1. The van der Waals surface area contributed by atoms with Gasteiger partial charge in [0.25, 0.3) is 0 Å². The normalized spacial score (nSPS) is 9.97. The molecule has 3 rings (SSSR count). The van der Waals surface area contributed by atoms with Gasteiger partial charge in [-0.1, -0.05) is 23.7 Å². The smallest absolute Gasteiger partial charge is 0.200 e. The van der Waals surface area contributed by atoms with Gasteiger partial charge in [-0.25, -0.2) is 22.0 Å². The van der Waals surface area contributed by atoms with Gasteiger partial charge in [-0.15, -0.1) is 0 Å². The Kier molecular flexibility index (Phi) is 6.09. The van der Waals surface area contributed by atoms with E-state index < -0.39 is 34.6 Å². The van der Waals surface area contributed by atoms with Crippen molar-refractivity contribution in [2.45, 2.75) is 0 Å². The molecule has 0 aliphatic heterocycles. The molecule has 150 valence electrons. The first-order chi connectivity index (χ1) is 14.3. The fourth-order valence-corrected chi connectivity index (χ4v) is 2.47. The fraction of sp³-hybridized carbons (Fsp3) is 0.0833. The Hall–Kier alpha value is -3.77. The number of halogens is 5. The van der Waals surface area contributed by atoms with Crippen molar-refractivity contribution in [2.75, 3.05) is 19.0 Å². The highest BCUT2D eigenvalue weighted by atomic mass is 19.2. The molecule has 0 aromatic heterocycles. The Morgan fingerprint density at radius 2 is 0.833 bits per heavy atom. The van der Waals surface area contributed by atoms with Crippen LogP contribution in [0, 0.1) is 52.8 Å². The van der Waals surface area contributed by atoms with Crippen LogP contribution >= 0.6 is 0 Å². The third kappa shape index (κ3) is 4.45. The minimum Gasteiger partial charge on any atom is -0.378 e. The van der Waals surface area contributed by atoms with Gasteiger partial charge in [0.1, 0.15) is 5.56 Å². The van der Waals surface area contributed by atoms with Crippen molar-refractivity contribution in [2.24, 2.45) is 0 Å². The van der Waals surface area contributed by atoms with E-state index in [0.29, 0.717) is 11.1 Å². The van der Waals surface area contributed by atoms with E-state index in [-0.39, 0.29) is 0 Å². The Morgan fingerprint density at radius 3 is 1.23 bits per heavy atom. The van der Waals surface area contributed by atoms with Crippen LogP contribution < -0.4 is 4.90 Å². The van der Waals surface area contributed by atoms with Crippen LogP contribution in [0.25, 0.3) is 0 Å². The molecule has 0 heterocycles. The summed E-state index contributed by atoms with van der Waals surface area (Å²) in [5.74, 6) is 0.221. The van der Waals surface area contributed by atoms with Gasteiger partial charge in [0.05, 0.1) is 0 Å². The van der Waals surface area contributed by atoms with Gasteiger partial charge in [-0.3, -0.25) is 0 Å². The van der Waals surface area contributed by atoms with E-state index in [1.54, 1.807) is 12.1 Å². The molecule has 0 N–H and O–H groups in total. The number of benzene rings is 3. The summed E-state index contributed by atoms with van der Waals surface area (Å²) in [5.41, 5.74) is 1.72. The van der Waals surface area contributed by atoms with E-state index in [4.69, 9.17) is 0 Å².